The molecule has 0 aliphatic heterocycles. The lowest BCUT2D eigenvalue weighted by Gasteiger charge is -2.09. The topological polar surface area (TPSA) is 35.0 Å². The number of nitrogens with zero attached hydrogens (tertiary/aromatic N) is 2. The van der Waals surface area contributed by atoms with Crippen molar-refractivity contribution in [2.75, 3.05) is 0 Å². The molecule has 100 valence electrons. The maximum atomic E-state index is 5.93. The number of aromatic nitrogens is 2. The van der Waals surface area contributed by atoms with Crippen molar-refractivity contribution in [1.82, 2.24) is 9.97 Å². The highest BCUT2D eigenvalue weighted by molar-refractivity contribution is 6.16. The van der Waals surface area contributed by atoms with Crippen LogP contribution >= 0.6 is 11.6 Å². The van der Waals surface area contributed by atoms with Gasteiger partial charge in [-0.25, -0.2) is 4.98 Å². The van der Waals surface area contributed by atoms with Crippen LogP contribution in [0.15, 0.2) is 48.7 Å². The summed E-state index contributed by atoms with van der Waals surface area (Å²) in [5, 5.41) is 1.06. The second kappa shape index (κ2) is 5.47. The Morgan fingerprint density at radius 3 is 2.90 bits per heavy atom. The van der Waals surface area contributed by atoms with Gasteiger partial charge in [0, 0.05) is 23.3 Å². The summed E-state index contributed by atoms with van der Waals surface area (Å²) in [6.07, 6.45) is 1.69. The zero-order valence-electron chi connectivity index (χ0n) is 11.0. The minimum absolute atomic E-state index is 0.365. The lowest BCUT2D eigenvalue weighted by Crippen LogP contribution is -1.91. The van der Waals surface area contributed by atoms with Gasteiger partial charge >= 0.3 is 0 Å². The molecule has 2 aromatic heterocycles. The Kier molecular flexibility index (Phi) is 3.52. The maximum Gasteiger partial charge on any atom is 0.153 e. The van der Waals surface area contributed by atoms with Crippen molar-refractivity contribution < 1.29 is 4.74 Å². The van der Waals surface area contributed by atoms with Crippen LogP contribution in [0.1, 0.15) is 11.4 Å². The zero-order chi connectivity index (χ0) is 13.9. The van der Waals surface area contributed by atoms with Crippen molar-refractivity contribution in [2.24, 2.45) is 0 Å². The molecule has 0 atom stereocenters. The van der Waals surface area contributed by atoms with Gasteiger partial charge in [-0.05, 0) is 25.1 Å². The summed E-state index contributed by atoms with van der Waals surface area (Å²) in [5.74, 6) is 1.81. The standard InChI is InChI=1S/C16H13ClN2O/c1-11-5-6-12-3-2-4-15(16(12)19-11)20-14-7-8-18-13(9-14)10-17/h2-9H,10H2,1H3. The molecule has 2 heterocycles. The molecule has 3 rings (SSSR count). The number of para-hydroxylation sites is 1. The van der Waals surface area contributed by atoms with Gasteiger partial charge in [0.15, 0.2) is 5.75 Å². The van der Waals surface area contributed by atoms with E-state index >= 15 is 0 Å². The van der Waals surface area contributed by atoms with Gasteiger partial charge in [0.05, 0.1) is 11.6 Å². The minimum atomic E-state index is 0.365. The van der Waals surface area contributed by atoms with Crippen molar-refractivity contribution in [3.8, 4) is 11.5 Å². The normalized spacial score (nSPS) is 10.7. The second-order valence-corrected chi connectivity index (χ2v) is 4.77. The van der Waals surface area contributed by atoms with E-state index in [1.165, 1.54) is 0 Å². The van der Waals surface area contributed by atoms with E-state index in [9.17, 15) is 0 Å². The first-order chi connectivity index (χ1) is 9.76. The lowest BCUT2D eigenvalue weighted by molar-refractivity contribution is 0.485. The number of hydrogen-bond donors (Lipinski definition) is 0. The zero-order valence-corrected chi connectivity index (χ0v) is 11.8. The van der Waals surface area contributed by atoms with Gasteiger partial charge in [0.2, 0.25) is 0 Å². The average Bonchev–Trinajstić information content (AvgIpc) is 2.48. The van der Waals surface area contributed by atoms with E-state index in [0.29, 0.717) is 11.6 Å². The summed E-state index contributed by atoms with van der Waals surface area (Å²) in [6, 6.07) is 13.6. The van der Waals surface area contributed by atoms with Crippen LogP contribution < -0.4 is 4.74 Å². The van der Waals surface area contributed by atoms with E-state index < -0.39 is 0 Å². The first kappa shape index (κ1) is 12.9. The van der Waals surface area contributed by atoms with E-state index in [4.69, 9.17) is 16.3 Å². The number of aryl methyl sites for hydroxylation is 1. The fourth-order valence-electron chi connectivity index (χ4n) is 2.02. The first-order valence-corrected chi connectivity index (χ1v) is 6.85. The Labute approximate surface area is 122 Å². The van der Waals surface area contributed by atoms with E-state index in [-0.39, 0.29) is 0 Å². The van der Waals surface area contributed by atoms with Gasteiger partial charge in [-0.1, -0.05) is 18.2 Å². The molecule has 0 saturated carbocycles. The van der Waals surface area contributed by atoms with Crippen LogP contribution in [0.4, 0.5) is 0 Å². The van der Waals surface area contributed by atoms with Crippen LogP contribution in [0.2, 0.25) is 0 Å². The van der Waals surface area contributed by atoms with Gasteiger partial charge in [-0.3, -0.25) is 4.98 Å². The summed E-state index contributed by atoms with van der Waals surface area (Å²) in [4.78, 5) is 8.70. The minimum Gasteiger partial charge on any atom is -0.455 e. The fourth-order valence-corrected chi connectivity index (χ4v) is 2.17. The molecule has 3 aromatic rings. The maximum absolute atomic E-state index is 5.93. The second-order valence-electron chi connectivity index (χ2n) is 4.50. The molecule has 0 amide bonds. The summed E-state index contributed by atoms with van der Waals surface area (Å²) < 4.78 is 5.93. The number of hydrogen-bond acceptors (Lipinski definition) is 3. The fraction of sp³-hybridized carbons (Fsp3) is 0.125. The van der Waals surface area contributed by atoms with Crippen LogP contribution in [0.25, 0.3) is 10.9 Å². The van der Waals surface area contributed by atoms with Crippen LogP contribution in [0.3, 0.4) is 0 Å². The number of fused-ring (bicyclic) bond motifs is 1. The first-order valence-electron chi connectivity index (χ1n) is 6.31. The van der Waals surface area contributed by atoms with Crippen LogP contribution in [-0.2, 0) is 5.88 Å². The highest BCUT2D eigenvalue weighted by Gasteiger charge is 2.06. The molecule has 0 radical (unpaired) electrons. The molecule has 0 bridgehead atoms. The monoisotopic (exact) mass is 284 g/mol. The van der Waals surface area contributed by atoms with Gasteiger partial charge in [-0.2, -0.15) is 0 Å². The van der Waals surface area contributed by atoms with Crippen molar-refractivity contribution >= 4 is 22.5 Å². The van der Waals surface area contributed by atoms with Crippen LogP contribution in [0.5, 0.6) is 11.5 Å². The summed E-state index contributed by atoms with van der Waals surface area (Å²) in [6.45, 7) is 1.97. The molecule has 0 fully saturated rings. The molecular formula is C16H13ClN2O. The molecule has 0 aliphatic carbocycles. The molecule has 0 aliphatic rings. The number of ether oxygens (including phenoxy) is 1. The lowest BCUT2D eigenvalue weighted by atomic mass is 10.2. The molecule has 0 saturated heterocycles. The Balaban J connectivity index is 2.03. The molecular weight excluding hydrogens is 272 g/mol. The third-order valence-electron chi connectivity index (χ3n) is 2.98. The molecule has 0 unspecified atom stereocenters. The Morgan fingerprint density at radius 2 is 2.05 bits per heavy atom. The summed E-state index contributed by atoms with van der Waals surface area (Å²) in [7, 11) is 0. The third kappa shape index (κ3) is 2.58. The molecule has 4 heteroatoms. The molecule has 0 spiro atoms. The van der Waals surface area contributed by atoms with Gasteiger partial charge < -0.3 is 4.74 Å². The Morgan fingerprint density at radius 1 is 1.15 bits per heavy atom. The van der Waals surface area contributed by atoms with Crippen LogP contribution in [-0.4, -0.2) is 9.97 Å². The number of alkyl halides is 1. The highest BCUT2D eigenvalue weighted by Crippen LogP contribution is 2.28. The quantitative estimate of drug-likeness (QED) is 0.666. The van der Waals surface area contributed by atoms with Crippen molar-refractivity contribution in [1.29, 1.82) is 0 Å². The van der Waals surface area contributed by atoms with Crippen molar-refractivity contribution in [3.05, 3.63) is 60.0 Å². The van der Waals surface area contributed by atoms with Gasteiger partial charge in [-0.15, -0.1) is 11.6 Å². The summed E-state index contributed by atoms with van der Waals surface area (Å²) in [5.41, 5.74) is 2.61. The van der Waals surface area contributed by atoms with Crippen LogP contribution in [0, 0.1) is 6.92 Å². The Bertz CT molecular complexity index is 758. The number of halogens is 1. The van der Waals surface area contributed by atoms with Crippen molar-refractivity contribution in [3.63, 3.8) is 0 Å². The van der Waals surface area contributed by atoms with Gasteiger partial charge in [0.1, 0.15) is 11.3 Å². The van der Waals surface area contributed by atoms with Gasteiger partial charge in [0.25, 0.3) is 0 Å². The SMILES string of the molecule is Cc1ccc2cccc(Oc3ccnc(CCl)c3)c2n1. The van der Waals surface area contributed by atoms with E-state index in [1.807, 2.05) is 49.4 Å². The van der Waals surface area contributed by atoms with E-state index in [2.05, 4.69) is 9.97 Å². The molecule has 3 nitrogen and oxygen atoms in total. The molecule has 1 aromatic carbocycles. The Hall–Kier alpha value is -2.13. The third-order valence-corrected chi connectivity index (χ3v) is 3.25. The van der Waals surface area contributed by atoms with E-state index in [1.54, 1.807) is 6.20 Å². The predicted octanol–water partition coefficient (Wildman–Crippen LogP) is 4.47. The molecule has 0 N–H and O–H groups in total. The predicted molar refractivity (Wildman–Crippen MR) is 80.3 cm³/mol. The van der Waals surface area contributed by atoms with Crippen molar-refractivity contribution in [2.45, 2.75) is 12.8 Å². The molecule has 20 heavy (non-hydrogen) atoms. The summed E-state index contributed by atoms with van der Waals surface area (Å²) >= 11 is 5.79. The number of pyridine rings is 2. The van der Waals surface area contributed by atoms with E-state index in [0.717, 1.165) is 28.0 Å². The number of rotatable bonds is 3. The smallest absolute Gasteiger partial charge is 0.153 e. The average molecular weight is 285 g/mol. The number of benzene rings is 1. The largest absolute Gasteiger partial charge is 0.455 e. The highest BCUT2D eigenvalue weighted by atomic mass is 35.5.